The van der Waals surface area contributed by atoms with E-state index in [4.69, 9.17) is 0 Å². The Labute approximate surface area is 165 Å². The second-order valence-electron chi connectivity index (χ2n) is 6.43. The second kappa shape index (κ2) is 10.6. The fourth-order valence-corrected chi connectivity index (χ4v) is 3.81. The van der Waals surface area contributed by atoms with Crippen LogP contribution >= 0.6 is 0 Å². The van der Waals surface area contributed by atoms with Crippen LogP contribution in [0.5, 0.6) is 0 Å². The van der Waals surface area contributed by atoms with Crippen molar-refractivity contribution in [2.75, 3.05) is 16.8 Å². The number of hydrogen-bond acceptors (Lipinski definition) is 5. The summed E-state index contributed by atoms with van der Waals surface area (Å²) in [5.74, 6) is -1.48. The van der Waals surface area contributed by atoms with Crippen molar-refractivity contribution in [2.45, 2.75) is 32.7 Å². The minimum atomic E-state index is -3.44. The van der Waals surface area contributed by atoms with Crippen LogP contribution in [0.15, 0.2) is 48.7 Å². The number of pyridine rings is 1. The van der Waals surface area contributed by atoms with Crippen molar-refractivity contribution in [3.05, 3.63) is 59.9 Å². The molecule has 1 heterocycles. The van der Waals surface area contributed by atoms with Crippen LogP contribution in [-0.2, 0) is 21.2 Å². The van der Waals surface area contributed by atoms with E-state index < -0.39 is 21.5 Å². The summed E-state index contributed by atoms with van der Waals surface area (Å²) >= 11 is 0. The zero-order valence-electron chi connectivity index (χ0n) is 15.8. The first-order valence-corrected chi connectivity index (χ1v) is 11.0. The average molecular weight is 404 g/mol. The summed E-state index contributed by atoms with van der Waals surface area (Å²) < 4.78 is 23.9. The second-order valence-corrected chi connectivity index (χ2v) is 8.62. The fourth-order valence-electron chi connectivity index (χ4n) is 2.55. The van der Waals surface area contributed by atoms with Crippen molar-refractivity contribution in [2.24, 2.45) is 0 Å². The predicted molar refractivity (Wildman–Crippen MR) is 109 cm³/mol. The van der Waals surface area contributed by atoms with E-state index in [1.807, 2.05) is 13.0 Å². The first kappa shape index (κ1) is 21.6. The molecule has 0 aliphatic rings. The molecule has 2 N–H and O–H groups in total. The molecule has 0 spiro atoms. The summed E-state index contributed by atoms with van der Waals surface area (Å²) in [5.41, 5.74) is 1.47. The van der Waals surface area contributed by atoms with Crippen LogP contribution < -0.4 is 10.6 Å². The van der Waals surface area contributed by atoms with E-state index in [-0.39, 0.29) is 18.2 Å². The molecule has 0 fully saturated rings. The zero-order chi connectivity index (χ0) is 20.4. The molecule has 2 amide bonds. The van der Waals surface area contributed by atoms with Gasteiger partial charge in [-0.3, -0.25) is 14.6 Å². The number of anilines is 1. The number of carbonyl (C=O) groups excluding carboxylic acids is 2. The Kier molecular flexibility index (Phi) is 8.13. The summed E-state index contributed by atoms with van der Waals surface area (Å²) in [6.07, 6.45) is 3.93. The van der Waals surface area contributed by atoms with E-state index in [9.17, 15) is 18.0 Å². The Balaban J connectivity index is 1.91. The van der Waals surface area contributed by atoms with Gasteiger partial charge >= 0.3 is 0 Å². The van der Waals surface area contributed by atoms with Gasteiger partial charge in [-0.15, -0.1) is 0 Å². The molecule has 0 aliphatic heterocycles. The molecule has 28 heavy (non-hydrogen) atoms. The van der Waals surface area contributed by atoms with Crippen molar-refractivity contribution in [1.82, 2.24) is 10.3 Å². The molecule has 0 atom stereocenters. The lowest BCUT2D eigenvalue weighted by Gasteiger charge is -2.09. The van der Waals surface area contributed by atoms with Gasteiger partial charge in [-0.1, -0.05) is 31.9 Å². The Morgan fingerprint density at radius 2 is 1.89 bits per heavy atom. The third-order valence-electron chi connectivity index (χ3n) is 3.97. The average Bonchev–Trinajstić information content (AvgIpc) is 2.66. The van der Waals surface area contributed by atoms with Crippen molar-refractivity contribution in [3.63, 3.8) is 0 Å². The molecule has 7 nitrogen and oxygen atoms in total. The van der Waals surface area contributed by atoms with Gasteiger partial charge in [-0.25, -0.2) is 8.42 Å². The first-order valence-electron chi connectivity index (χ1n) is 9.18. The number of unbranched alkanes of at least 4 members (excludes halogenated alkanes) is 2. The van der Waals surface area contributed by atoms with Gasteiger partial charge in [0.2, 0.25) is 5.91 Å². The normalized spacial score (nSPS) is 11.0. The van der Waals surface area contributed by atoms with Crippen LogP contribution in [-0.4, -0.2) is 36.7 Å². The van der Waals surface area contributed by atoms with Crippen LogP contribution in [0.3, 0.4) is 0 Å². The lowest BCUT2D eigenvalue weighted by Crippen LogP contribution is -2.25. The Morgan fingerprint density at radius 3 is 2.61 bits per heavy atom. The summed E-state index contributed by atoms with van der Waals surface area (Å²) in [6, 6.07) is 11.8. The molecular weight excluding hydrogens is 378 g/mol. The molecule has 0 aliphatic carbocycles. The molecule has 1 aromatic heterocycles. The highest BCUT2D eigenvalue weighted by Gasteiger charge is 2.17. The van der Waals surface area contributed by atoms with E-state index in [2.05, 4.69) is 15.6 Å². The van der Waals surface area contributed by atoms with Crippen LogP contribution in [0, 0.1) is 0 Å². The summed E-state index contributed by atoms with van der Waals surface area (Å²) in [7, 11) is -3.44. The third kappa shape index (κ3) is 7.48. The van der Waals surface area contributed by atoms with Gasteiger partial charge in [0.1, 0.15) is 5.75 Å². The molecule has 2 rings (SSSR count). The molecule has 0 saturated heterocycles. The maximum Gasteiger partial charge on any atom is 0.251 e. The number of benzene rings is 1. The number of sulfone groups is 1. The van der Waals surface area contributed by atoms with E-state index in [1.165, 1.54) is 6.07 Å². The first-order chi connectivity index (χ1) is 13.4. The van der Waals surface area contributed by atoms with Crippen molar-refractivity contribution < 1.29 is 18.0 Å². The van der Waals surface area contributed by atoms with E-state index in [1.54, 1.807) is 36.5 Å². The van der Waals surface area contributed by atoms with Gasteiger partial charge in [-0.05, 0) is 36.8 Å². The number of nitrogens with zero attached hydrogens (tertiary/aromatic N) is 1. The maximum atomic E-state index is 12.3. The lowest BCUT2D eigenvalue weighted by atomic mass is 10.2. The van der Waals surface area contributed by atoms with Gasteiger partial charge in [0.25, 0.3) is 5.91 Å². The maximum absolute atomic E-state index is 12.3. The Morgan fingerprint density at radius 1 is 1.07 bits per heavy atom. The van der Waals surface area contributed by atoms with E-state index in [0.29, 0.717) is 17.7 Å². The molecular formula is C20H25N3O4S. The standard InChI is InChI=1S/C20H25N3O4S/c1-2-3-6-12-28(26,27)15-19(24)23-17-10-7-8-16(13-17)20(25)22-14-18-9-4-5-11-21-18/h4-5,7-11,13H,2-3,6,12,14-15H2,1H3,(H,22,25)(H,23,24). The van der Waals surface area contributed by atoms with Crippen LogP contribution in [0.2, 0.25) is 0 Å². The van der Waals surface area contributed by atoms with Gasteiger partial charge < -0.3 is 10.6 Å². The summed E-state index contributed by atoms with van der Waals surface area (Å²) in [6.45, 7) is 2.27. The quantitative estimate of drug-likeness (QED) is 0.593. The highest BCUT2D eigenvalue weighted by Crippen LogP contribution is 2.11. The molecule has 0 saturated carbocycles. The molecule has 8 heteroatoms. The Bertz CT molecular complexity index is 899. The predicted octanol–water partition coefficient (Wildman–Crippen LogP) is 2.56. The molecule has 150 valence electrons. The monoisotopic (exact) mass is 403 g/mol. The molecule has 0 radical (unpaired) electrons. The van der Waals surface area contributed by atoms with Crippen LogP contribution in [0.1, 0.15) is 42.2 Å². The minimum absolute atomic E-state index is 0.00419. The summed E-state index contributed by atoms with van der Waals surface area (Å²) in [5, 5.41) is 5.30. The van der Waals surface area contributed by atoms with Gasteiger partial charge in [0.05, 0.1) is 18.0 Å². The van der Waals surface area contributed by atoms with Crippen molar-refractivity contribution >= 4 is 27.3 Å². The zero-order valence-corrected chi connectivity index (χ0v) is 16.7. The number of nitrogens with one attached hydrogen (secondary N) is 2. The van der Waals surface area contributed by atoms with Gasteiger partial charge in [-0.2, -0.15) is 0 Å². The number of hydrogen-bond donors (Lipinski definition) is 2. The van der Waals surface area contributed by atoms with Crippen molar-refractivity contribution in [3.8, 4) is 0 Å². The highest BCUT2D eigenvalue weighted by molar-refractivity contribution is 7.92. The molecule has 0 bridgehead atoms. The van der Waals surface area contributed by atoms with E-state index >= 15 is 0 Å². The largest absolute Gasteiger partial charge is 0.346 e. The van der Waals surface area contributed by atoms with Gasteiger partial charge in [0, 0.05) is 17.4 Å². The van der Waals surface area contributed by atoms with Crippen LogP contribution in [0.25, 0.3) is 0 Å². The van der Waals surface area contributed by atoms with E-state index in [0.717, 1.165) is 18.5 Å². The molecule has 2 aromatic rings. The molecule has 0 unspecified atom stereocenters. The summed E-state index contributed by atoms with van der Waals surface area (Å²) in [4.78, 5) is 28.5. The smallest absolute Gasteiger partial charge is 0.251 e. The van der Waals surface area contributed by atoms with Crippen LogP contribution in [0.4, 0.5) is 5.69 Å². The number of amides is 2. The third-order valence-corrected chi connectivity index (χ3v) is 5.59. The van der Waals surface area contributed by atoms with Gasteiger partial charge in [0.15, 0.2) is 9.84 Å². The topological polar surface area (TPSA) is 105 Å². The van der Waals surface area contributed by atoms with Crippen molar-refractivity contribution in [1.29, 1.82) is 0 Å². The lowest BCUT2D eigenvalue weighted by molar-refractivity contribution is -0.113. The highest BCUT2D eigenvalue weighted by atomic mass is 32.2. The Hall–Kier alpha value is -2.74. The molecule has 1 aromatic carbocycles. The fraction of sp³-hybridized carbons (Fsp3) is 0.350. The number of carbonyl (C=O) groups is 2. The number of aromatic nitrogens is 1. The SMILES string of the molecule is CCCCCS(=O)(=O)CC(=O)Nc1cccc(C(=O)NCc2ccccn2)c1. The number of rotatable bonds is 10. The minimum Gasteiger partial charge on any atom is -0.346 e.